The van der Waals surface area contributed by atoms with Gasteiger partial charge < -0.3 is 4.74 Å². The molecule has 0 amide bonds. The van der Waals surface area contributed by atoms with Crippen LogP contribution in [0, 0.1) is 0 Å². The number of carbonyl (C=O) groups excluding carboxylic acids is 2. The predicted molar refractivity (Wildman–Crippen MR) is 74.7 cm³/mol. The van der Waals surface area contributed by atoms with E-state index in [4.69, 9.17) is 16.3 Å². The molecule has 18 heavy (non-hydrogen) atoms. The van der Waals surface area contributed by atoms with E-state index in [2.05, 4.69) is 15.9 Å². The minimum atomic E-state index is -0.444. The molecule has 0 aliphatic rings. The highest BCUT2D eigenvalue weighted by Crippen LogP contribution is 2.17. The van der Waals surface area contributed by atoms with Gasteiger partial charge in [-0.15, -0.1) is 11.6 Å². The fourth-order valence-electron chi connectivity index (χ4n) is 1.47. The molecule has 0 aliphatic heterocycles. The quantitative estimate of drug-likeness (QED) is 0.470. The van der Waals surface area contributed by atoms with Crippen molar-refractivity contribution in [2.45, 2.75) is 24.6 Å². The predicted octanol–water partition coefficient (Wildman–Crippen LogP) is 3.57. The molecule has 1 rings (SSSR count). The van der Waals surface area contributed by atoms with Gasteiger partial charge in [-0.2, -0.15) is 0 Å². The van der Waals surface area contributed by atoms with Gasteiger partial charge in [-0.05, 0) is 37.6 Å². The number of halogens is 2. The fourth-order valence-corrected chi connectivity index (χ4v) is 1.89. The molecule has 1 aromatic carbocycles. The molecule has 0 saturated carbocycles. The first-order chi connectivity index (χ1) is 8.49. The summed E-state index contributed by atoms with van der Waals surface area (Å²) < 4.78 is 4.92. The summed E-state index contributed by atoms with van der Waals surface area (Å²) in [4.78, 5) is 23.3. The number of esters is 1. The highest BCUT2D eigenvalue weighted by Gasteiger charge is 2.16. The SMILES string of the molecule is CCOC(=O)c1cc(CCl)cc(C(=O)C(C)Br)c1. The normalized spacial score (nSPS) is 12.0. The Morgan fingerprint density at radius 2 is 1.94 bits per heavy atom. The van der Waals surface area contributed by atoms with Crippen LogP contribution in [-0.2, 0) is 10.6 Å². The third kappa shape index (κ3) is 3.82. The lowest BCUT2D eigenvalue weighted by Gasteiger charge is -2.08. The van der Waals surface area contributed by atoms with Gasteiger partial charge in [0.25, 0.3) is 0 Å². The van der Waals surface area contributed by atoms with Crippen molar-refractivity contribution in [3.8, 4) is 0 Å². The van der Waals surface area contributed by atoms with Crippen molar-refractivity contribution in [2.75, 3.05) is 6.61 Å². The van der Waals surface area contributed by atoms with E-state index in [-0.39, 0.29) is 16.5 Å². The number of carbonyl (C=O) groups is 2. The van der Waals surface area contributed by atoms with Gasteiger partial charge in [0, 0.05) is 11.4 Å². The standard InChI is InChI=1S/C13H14BrClO3/c1-3-18-13(17)11-5-9(7-15)4-10(6-11)12(16)8(2)14/h4-6,8H,3,7H2,1-2H3. The molecule has 0 fully saturated rings. The van der Waals surface area contributed by atoms with Gasteiger partial charge in [0.2, 0.25) is 0 Å². The average Bonchev–Trinajstić information content (AvgIpc) is 2.37. The van der Waals surface area contributed by atoms with Crippen molar-refractivity contribution < 1.29 is 14.3 Å². The van der Waals surface area contributed by atoms with Gasteiger partial charge in [0.15, 0.2) is 5.78 Å². The van der Waals surface area contributed by atoms with Gasteiger partial charge in [-0.25, -0.2) is 4.79 Å². The van der Waals surface area contributed by atoms with Crippen LogP contribution in [0.3, 0.4) is 0 Å². The third-order valence-corrected chi connectivity index (χ3v) is 3.03. The van der Waals surface area contributed by atoms with Crippen molar-refractivity contribution in [3.63, 3.8) is 0 Å². The summed E-state index contributed by atoms with van der Waals surface area (Å²) >= 11 is 8.98. The lowest BCUT2D eigenvalue weighted by Crippen LogP contribution is -2.13. The van der Waals surface area contributed by atoms with Crippen LogP contribution in [0.15, 0.2) is 18.2 Å². The summed E-state index contributed by atoms with van der Waals surface area (Å²) in [5, 5.41) is 0. The Balaban J connectivity index is 3.17. The number of ether oxygens (including phenoxy) is 1. The van der Waals surface area contributed by atoms with Gasteiger partial charge >= 0.3 is 5.97 Å². The number of Topliss-reactive ketones (excluding diaryl/α,β-unsaturated/α-hetero) is 1. The minimum absolute atomic E-state index is 0.0903. The zero-order chi connectivity index (χ0) is 13.7. The molecule has 0 bridgehead atoms. The monoisotopic (exact) mass is 332 g/mol. The molecule has 1 atom stereocenters. The molecule has 0 aromatic heterocycles. The van der Waals surface area contributed by atoms with Crippen molar-refractivity contribution in [1.82, 2.24) is 0 Å². The van der Waals surface area contributed by atoms with E-state index in [1.807, 2.05) is 0 Å². The summed E-state index contributed by atoms with van der Waals surface area (Å²) in [6, 6.07) is 4.87. The topological polar surface area (TPSA) is 43.4 Å². The minimum Gasteiger partial charge on any atom is -0.462 e. The third-order valence-electron chi connectivity index (χ3n) is 2.30. The average molecular weight is 334 g/mol. The van der Waals surface area contributed by atoms with E-state index in [1.165, 1.54) is 6.07 Å². The number of hydrogen-bond acceptors (Lipinski definition) is 3. The first-order valence-electron chi connectivity index (χ1n) is 5.55. The smallest absolute Gasteiger partial charge is 0.338 e. The second-order valence-corrected chi connectivity index (χ2v) is 5.39. The number of benzene rings is 1. The molecule has 1 unspecified atom stereocenters. The molecule has 0 saturated heterocycles. The second-order valence-electron chi connectivity index (χ2n) is 3.75. The second kappa shape index (κ2) is 6.90. The molecule has 98 valence electrons. The summed E-state index contributed by atoms with van der Waals surface area (Å²) in [6.45, 7) is 3.76. The summed E-state index contributed by atoms with van der Waals surface area (Å²) in [5.41, 5.74) is 1.53. The Hall–Kier alpha value is -0.870. The Morgan fingerprint density at radius 3 is 2.44 bits per heavy atom. The van der Waals surface area contributed by atoms with E-state index < -0.39 is 5.97 Å². The molecule has 0 heterocycles. The molecule has 0 radical (unpaired) electrons. The van der Waals surface area contributed by atoms with Crippen LogP contribution < -0.4 is 0 Å². The van der Waals surface area contributed by atoms with Crippen LogP contribution in [0.2, 0.25) is 0 Å². The van der Waals surface area contributed by atoms with Crippen molar-refractivity contribution in [2.24, 2.45) is 0 Å². The van der Waals surface area contributed by atoms with Crippen LogP contribution >= 0.6 is 27.5 Å². The lowest BCUT2D eigenvalue weighted by atomic mass is 10.0. The first kappa shape index (κ1) is 15.2. The number of hydrogen-bond donors (Lipinski definition) is 0. The summed E-state index contributed by atoms with van der Waals surface area (Å²) in [6.07, 6.45) is 0. The van der Waals surface area contributed by atoms with Crippen molar-refractivity contribution in [1.29, 1.82) is 0 Å². The zero-order valence-corrected chi connectivity index (χ0v) is 12.5. The molecule has 0 spiro atoms. The maximum absolute atomic E-state index is 11.9. The first-order valence-corrected chi connectivity index (χ1v) is 7.00. The zero-order valence-electron chi connectivity index (χ0n) is 10.2. The van der Waals surface area contributed by atoms with Gasteiger partial charge in [0.05, 0.1) is 17.0 Å². The molecule has 3 nitrogen and oxygen atoms in total. The molecular formula is C13H14BrClO3. The summed E-state index contributed by atoms with van der Waals surface area (Å²) in [7, 11) is 0. The van der Waals surface area contributed by atoms with E-state index >= 15 is 0 Å². The van der Waals surface area contributed by atoms with Crippen LogP contribution in [0.5, 0.6) is 0 Å². The number of ketones is 1. The van der Waals surface area contributed by atoms with Gasteiger partial charge in [-0.3, -0.25) is 4.79 Å². The number of rotatable bonds is 5. The Kier molecular flexibility index (Phi) is 5.82. The van der Waals surface area contributed by atoms with Crippen LogP contribution in [0.25, 0.3) is 0 Å². The highest BCUT2D eigenvalue weighted by atomic mass is 79.9. The van der Waals surface area contributed by atoms with Gasteiger partial charge in [0.1, 0.15) is 0 Å². The van der Waals surface area contributed by atoms with Crippen LogP contribution in [0.4, 0.5) is 0 Å². The molecular weight excluding hydrogens is 319 g/mol. The van der Waals surface area contributed by atoms with Crippen molar-refractivity contribution >= 4 is 39.3 Å². The van der Waals surface area contributed by atoms with E-state index in [0.717, 1.165) is 5.56 Å². The number of alkyl halides is 2. The Labute approximate surface area is 120 Å². The Bertz CT molecular complexity index is 458. The van der Waals surface area contributed by atoms with E-state index in [9.17, 15) is 9.59 Å². The molecule has 1 aromatic rings. The maximum Gasteiger partial charge on any atom is 0.338 e. The molecule has 5 heteroatoms. The van der Waals surface area contributed by atoms with Gasteiger partial charge in [-0.1, -0.05) is 15.9 Å². The maximum atomic E-state index is 11.9. The van der Waals surface area contributed by atoms with E-state index in [0.29, 0.717) is 17.7 Å². The largest absolute Gasteiger partial charge is 0.462 e. The highest BCUT2D eigenvalue weighted by molar-refractivity contribution is 9.10. The molecule has 0 aliphatic carbocycles. The van der Waals surface area contributed by atoms with Crippen LogP contribution in [0.1, 0.15) is 40.1 Å². The fraction of sp³-hybridized carbons (Fsp3) is 0.385. The Morgan fingerprint density at radius 1 is 1.33 bits per heavy atom. The van der Waals surface area contributed by atoms with E-state index in [1.54, 1.807) is 26.0 Å². The van der Waals surface area contributed by atoms with Crippen LogP contribution in [-0.4, -0.2) is 23.2 Å². The van der Waals surface area contributed by atoms with Crippen molar-refractivity contribution in [3.05, 3.63) is 34.9 Å². The molecule has 0 N–H and O–H groups in total. The summed E-state index contributed by atoms with van der Waals surface area (Å²) in [5.74, 6) is -0.294. The lowest BCUT2D eigenvalue weighted by molar-refractivity contribution is 0.0526.